The van der Waals surface area contributed by atoms with E-state index in [4.69, 9.17) is 9.47 Å². The van der Waals surface area contributed by atoms with Crippen molar-refractivity contribution in [2.45, 2.75) is 26.9 Å². The Morgan fingerprint density at radius 1 is 1.10 bits per heavy atom. The molecule has 0 bridgehead atoms. The van der Waals surface area contributed by atoms with Crippen LogP contribution in [0.25, 0.3) is 0 Å². The molecule has 0 saturated carbocycles. The second kappa shape index (κ2) is 8.09. The van der Waals surface area contributed by atoms with E-state index in [0.29, 0.717) is 0 Å². The number of esters is 2. The fourth-order valence-electron chi connectivity index (χ4n) is 1.61. The summed E-state index contributed by atoms with van der Waals surface area (Å²) in [6.45, 7) is 3.21. The van der Waals surface area contributed by atoms with Gasteiger partial charge in [0.15, 0.2) is 0 Å². The molecule has 1 unspecified atom stereocenters. The van der Waals surface area contributed by atoms with Crippen molar-refractivity contribution in [2.24, 2.45) is 5.92 Å². The zero-order valence-electron chi connectivity index (χ0n) is 11.6. The first-order valence-electron chi connectivity index (χ1n) is 6.41. The molecule has 1 atom stereocenters. The maximum atomic E-state index is 11.8. The van der Waals surface area contributed by atoms with Crippen LogP contribution in [-0.4, -0.2) is 24.3 Å². The fraction of sp³-hybridized carbons (Fsp3) is 0.400. The summed E-state index contributed by atoms with van der Waals surface area (Å²) in [5.41, 5.74) is 0.819. The highest BCUT2D eigenvalue weighted by atomic mass is 16.5. The lowest BCUT2D eigenvalue weighted by atomic mass is 10.0. The van der Waals surface area contributed by atoms with Gasteiger partial charge in [0, 0.05) is 0 Å². The number of ketones is 1. The second-order valence-electron chi connectivity index (χ2n) is 4.27. The average Bonchev–Trinajstić information content (AvgIpc) is 2.43. The van der Waals surface area contributed by atoms with Crippen LogP contribution in [0.4, 0.5) is 0 Å². The number of rotatable bonds is 7. The van der Waals surface area contributed by atoms with Gasteiger partial charge in [-0.05, 0) is 19.4 Å². The molecule has 0 amide bonds. The highest BCUT2D eigenvalue weighted by Gasteiger charge is 2.28. The van der Waals surface area contributed by atoms with Gasteiger partial charge in [-0.15, -0.1) is 0 Å². The number of benzene rings is 1. The third-order valence-electron chi connectivity index (χ3n) is 2.68. The van der Waals surface area contributed by atoms with Gasteiger partial charge in [-0.3, -0.25) is 14.4 Å². The van der Waals surface area contributed by atoms with Crippen molar-refractivity contribution in [3.05, 3.63) is 35.9 Å². The molecular formula is C15H18O5. The summed E-state index contributed by atoms with van der Waals surface area (Å²) in [6, 6.07) is 9.11. The van der Waals surface area contributed by atoms with Crippen LogP contribution in [0.2, 0.25) is 0 Å². The molecule has 0 heterocycles. The number of hydrogen-bond donors (Lipinski definition) is 0. The van der Waals surface area contributed by atoms with E-state index in [-0.39, 0.29) is 19.6 Å². The van der Waals surface area contributed by atoms with Crippen LogP contribution in [0, 0.1) is 5.92 Å². The molecule has 0 saturated heterocycles. The van der Waals surface area contributed by atoms with Gasteiger partial charge in [-0.25, -0.2) is 0 Å². The Kier molecular flexibility index (Phi) is 6.43. The van der Waals surface area contributed by atoms with Crippen LogP contribution in [0.3, 0.4) is 0 Å². The molecule has 108 valence electrons. The lowest BCUT2D eigenvalue weighted by Crippen LogP contribution is -2.27. The Bertz CT molecular complexity index is 466. The first kappa shape index (κ1) is 15.9. The third kappa shape index (κ3) is 5.22. The molecule has 20 heavy (non-hydrogen) atoms. The standard InChI is InChI=1S/C15H18O5/c1-3-19-14(17)9-13(11(2)16)15(18)20-10-12-7-5-4-6-8-12/h4-8,13H,3,9-10H2,1-2H3. The minimum Gasteiger partial charge on any atom is -0.466 e. The summed E-state index contributed by atoms with van der Waals surface area (Å²) in [6.07, 6.45) is -0.281. The molecule has 1 rings (SSSR count). The van der Waals surface area contributed by atoms with Crippen LogP contribution in [0.1, 0.15) is 25.8 Å². The van der Waals surface area contributed by atoms with Crippen LogP contribution in [-0.2, 0) is 30.5 Å². The number of carbonyl (C=O) groups is 3. The van der Waals surface area contributed by atoms with E-state index in [9.17, 15) is 14.4 Å². The van der Waals surface area contributed by atoms with Gasteiger partial charge in [0.25, 0.3) is 0 Å². The quantitative estimate of drug-likeness (QED) is 0.562. The minimum atomic E-state index is -1.10. The van der Waals surface area contributed by atoms with E-state index in [1.54, 1.807) is 19.1 Å². The molecule has 0 spiro atoms. The summed E-state index contributed by atoms with van der Waals surface area (Å²) in [5, 5.41) is 0. The summed E-state index contributed by atoms with van der Waals surface area (Å²) in [7, 11) is 0. The number of ether oxygens (including phenoxy) is 2. The number of hydrogen-bond acceptors (Lipinski definition) is 5. The summed E-state index contributed by atoms with van der Waals surface area (Å²) < 4.78 is 9.80. The van der Waals surface area contributed by atoms with E-state index >= 15 is 0 Å². The first-order chi connectivity index (χ1) is 9.54. The molecule has 0 fully saturated rings. The van der Waals surface area contributed by atoms with Crippen molar-refractivity contribution in [3.63, 3.8) is 0 Å². The van der Waals surface area contributed by atoms with E-state index in [1.807, 2.05) is 18.2 Å². The van der Waals surface area contributed by atoms with Gasteiger partial charge in [0.05, 0.1) is 13.0 Å². The predicted octanol–water partition coefficient (Wildman–Crippen LogP) is 1.89. The second-order valence-corrected chi connectivity index (χ2v) is 4.27. The molecule has 0 N–H and O–H groups in total. The Balaban J connectivity index is 2.56. The molecular weight excluding hydrogens is 260 g/mol. The zero-order chi connectivity index (χ0) is 15.0. The lowest BCUT2D eigenvalue weighted by molar-refractivity contribution is -0.158. The van der Waals surface area contributed by atoms with Gasteiger partial charge >= 0.3 is 11.9 Å². The van der Waals surface area contributed by atoms with E-state index in [2.05, 4.69) is 0 Å². The van der Waals surface area contributed by atoms with E-state index in [0.717, 1.165) is 5.56 Å². The Morgan fingerprint density at radius 2 is 1.75 bits per heavy atom. The highest BCUT2D eigenvalue weighted by molar-refractivity contribution is 6.00. The predicted molar refractivity (Wildman–Crippen MR) is 71.7 cm³/mol. The smallest absolute Gasteiger partial charge is 0.317 e. The van der Waals surface area contributed by atoms with Crippen molar-refractivity contribution in [3.8, 4) is 0 Å². The largest absolute Gasteiger partial charge is 0.466 e. The van der Waals surface area contributed by atoms with Crippen LogP contribution < -0.4 is 0 Å². The molecule has 0 aliphatic rings. The monoisotopic (exact) mass is 278 g/mol. The van der Waals surface area contributed by atoms with Crippen molar-refractivity contribution >= 4 is 17.7 Å². The Morgan fingerprint density at radius 3 is 2.30 bits per heavy atom. The normalized spacial score (nSPS) is 11.5. The SMILES string of the molecule is CCOC(=O)CC(C(C)=O)C(=O)OCc1ccccc1. The zero-order valence-corrected chi connectivity index (χ0v) is 11.6. The van der Waals surface area contributed by atoms with Crippen LogP contribution >= 0.6 is 0 Å². The third-order valence-corrected chi connectivity index (χ3v) is 2.68. The Labute approximate surface area is 117 Å². The molecule has 0 aliphatic carbocycles. The van der Waals surface area contributed by atoms with Gasteiger partial charge in [-0.2, -0.15) is 0 Å². The van der Waals surface area contributed by atoms with Gasteiger partial charge < -0.3 is 9.47 Å². The highest BCUT2D eigenvalue weighted by Crippen LogP contribution is 2.11. The average molecular weight is 278 g/mol. The first-order valence-corrected chi connectivity index (χ1v) is 6.41. The maximum absolute atomic E-state index is 11.8. The van der Waals surface area contributed by atoms with Gasteiger partial charge in [0.1, 0.15) is 18.3 Å². The topological polar surface area (TPSA) is 69.7 Å². The van der Waals surface area contributed by atoms with Gasteiger partial charge in [0.2, 0.25) is 0 Å². The number of carbonyl (C=O) groups excluding carboxylic acids is 3. The maximum Gasteiger partial charge on any atom is 0.317 e. The summed E-state index contributed by atoms with van der Waals surface area (Å²) in [5.74, 6) is -2.78. The van der Waals surface area contributed by atoms with E-state index < -0.39 is 23.6 Å². The lowest BCUT2D eigenvalue weighted by Gasteiger charge is -2.12. The van der Waals surface area contributed by atoms with E-state index in [1.165, 1.54) is 6.92 Å². The molecule has 5 heteroatoms. The Hall–Kier alpha value is -2.17. The number of Topliss-reactive ketones (excluding diaryl/α,β-unsaturated/α-hetero) is 1. The summed E-state index contributed by atoms with van der Waals surface area (Å²) >= 11 is 0. The van der Waals surface area contributed by atoms with Gasteiger partial charge in [-0.1, -0.05) is 30.3 Å². The van der Waals surface area contributed by atoms with Crippen molar-refractivity contribution in [2.75, 3.05) is 6.61 Å². The fourth-order valence-corrected chi connectivity index (χ4v) is 1.61. The summed E-state index contributed by atoms with van der Waals surface area (Å²) in [4.78, 5) is 34.6. The molecule has 1 aromatic carbocycles. The van der Waals surface area contributed by atoms with Crippen molar-refractivity contribution in [1.29, 1.82) is 0 Å². The molecule has 0 aromatic heterocycles. The van der Waals surface area contributed by atoms with Crippen molar-refractivity contribution in [1.82, 2.24) is 0 Å². The van der Waals surface area contributed by atoms with Crippen LogP contribution in [0.15, 0.2) is 30.3 Å². The minimum absolute atomic E-state index is 0.0757. The molecule has 0 radical (unpaired) electrons. The van der Waals surface area contributed by atoms with Crippen LogP contribution in [0.5, 0.6) is 0 Å². The molecule has 0 aliphatic heterocycles. The molecule has 5 nitrogen and oxygen atoms in total. The molecule has 1 aromatic rings. The van der Waals surface area contributed by atoms with Crippen molar-refractivity contribution < 1.29 is 23.9 Å².